The minimum atomic E-state index is -0.465. The van der Waals surface area contributed by atoms with E-state index in [0.29, 0.717) is 24.5 Å². The van der Waals surface area contributed by atoms with E-state index in [0.717, 1.165) is 43.0 Å². The summed E-state index contributed by atoms with van der Waals surface area (Å²) in [5.74, 6) is -0.00924. The first-order valence-corrected chi connectivity index (χ1v) is 11.6. The van der Waals surface area contributed by atoms with Gasteiger partial charge in [-0.1, -0.05) is 12.1 Å². The van der Waals surface area contributed by atoms with E-state index < -0.39 is 5.82 Å². The van der Waals surface area contributed by atoms with E-state index in [4.69, 9.17) is 10.1 Å². The fraction of sp³-hybridized carbons (Fsp3) is 0.423. The maximum atomic E-state index is 14.0. The summed E-state index contributed by atoms with van der Waals surface area (Å²) in [5, 5.41) is 16.1. The Labute approximate surface area is 192 Å². The average Bonchev–Trinajstić information content (AvgIpc) is 3.46. The molecule has 2 aromatic carbocycles. The van der Waals surface area contributed by atoms with Crippen LogP contribution in [0.4, 0.5) is 4.39 Å². The van der Waals surface area contributed by atoms with Gasteiger partial charge in [0, 0.05) is 24.8 Å². The van der Waals surface area contributed by atoms with Gasteiger partial charge >= 0.3 is 0 Å². The van der Waals surface area contributed by atoms with Gasteiger partial charge in [0.15, 0.2) is 0 Å². The molecular weight excluding hydrogens is 419 g/mol. The molecule has 1 aliphatic carbocycles. The number of nitrogens with zero attached hydrogens (tertiary/aromatic N) is 4. The van der Waals surface area contributed by atoms with E-state index in [1.54, 1.807) is 6.07 Å². The Morgan fingerprint density at radius 3 is 2.79 bits per heavy atom. The number of halogens is 1. The molecule has 0 N–H and O–H groups in total. The fourth-order valence-corrected chi connectivity index (χ4v) is 5.30. The summed E-state index contributed by atoms with van der Waals surface area (Å²) >= 11 is 0. The first kappa shape index (κ1) is 21.6. The van der Waals surface area contributed by atoms with Gasteiger partial charge < -0.3 is 0 Å². The van der Waals surface area contributed by atoms with Crippen LogP contribution in [0.1, 0.15) is 54.8 Å². The van der Waals surface area contributed by atoms with Crippen LogP contribution < -0.4 is 0 Å². The van der Waals surface area contributed by atoms with Gasteiger partial charge in [0.25, 0.3) is 0 Å². The summed E-state index contributed by atoms with van der Waals surface area (Å²) in [6.45, 7) is 0.417. The van der Waals surface area contributed by atoms with Crippen molar-refractivity contribution < 1.29 is 14.0 Å². The summed E-state index contributed by atoms with van der Waals surface area (Å²) < 4.78 is 15.9. The third-order valence-corrected chi connectivity index (χ3v) is 7.09. The second kappa shape index (κ2) is 8.95. The number of benzene rings is 2. The monoisotopic (exact) mass is 446 g/mol. The van der Waals surface area contributed by atoms with Crippen LogP contribution in [0.15, 0.2) is 42.6 Å². The molecule has 1 saturated carbocycles. The number of rotatable bonds is 4. The van der Waals surface area contributed by atoms with Gasteiger partial charge in [-0.25, -0.2) is 9.45 Å². The first-order valence-electron chi connectivity index (χ1n) is 11.6. The molecule has 0 radical (unpaired) electrons. The van der Waals surface area contributed by atoms with Crippen LogP contribution in [-0.2, 0) is 23.1 Å². The normalized spacial score (nSPS) is 23.1. The smallest absolute Gasteiger partial charge is 0.249 e. The molecule has 3 aromatic rings. The van der Waals surface area contributed by atoms with Crippen molar-refractivity contribution in [1.82, 2.24) is 14.8 Å². The van der Waals surface area contributed by atoms with Crippen molar-refractivity contribution in [2.24, 2.45) is 18.9 Å². The number of hydrogen-bond acceptors (Lipinski definition) is 4. The topological polar surface area (TPSA) is 71.2 Å². The Morgan fingerprint density at radius 2 is 2.00 bits per heavy atom. The summed E-state index contributed by atoms with van der Waals surface area (Å²) in [7, 11) is 1.96. The highest BCUT2D eigenvalue weighted by Crippen LogP contribution is 2.37. The lowest BCUT2D eigenvalue weighted by molar-refractivity contribution is -0.183. The predicted octanol–water partition coefficient (Wildman–Crippen LogP) is 4.84. The first-order chi connectivity index (χ1) is 16.0. The molecule has 1 amide bonds. The molecule has 2 aliphatic rings. The van der Waals surface area contributed by atoms with E-state index in [1.807, 2.05) is 24.0 Å². The van der Waals surface area contributed by atoms with Gasteiger partial charge in [0.1, 0.15) is 5.82 Å². The summed E-state index contributed by atoms with van der Waals surface area (Å²) in [6, 6.07) is 12.4. The quantitative estimate of drug-likeness (QED) is 0.575. The standard InChI is InChI=1S/C26H27FN4O2/c1-30-25-13-18(4-7-21(25)16-29-30)10-17-2-5-20(6-3-17)26(32)31-24(8-9-33-31)22-11-19(15-28)12-23(27)14-22/h4,7,11-14,16-17,20,24H,2-3,5-6,8-10H2,1H3/t17?,20?,24-/m0/s1. The van der Waals surface area contributed by atoms with Crippen LogP contribution >= 0.6 is 0 Å². The molecule has 1 saturated heterocycles. The second-order valence-electron chi connectivity index (χ2n) is 9.27. The number of hydrogen-bond donors (Lipinski definition) is 0. The Morgan fingerprint density at radius 1 is 1.18 bits per heavy atom. The van der Waals surface area contributed by atoms with Crippen LogP contribution in [0.3, 0.4) is 0 Å². The zero-order valence-electron chi connectivity index (χ0n) is 18.7. The van der Waals surface area contributed by atoms with E-state index in [9.17, 15) is 9.18 Å². The van der Waals surface area contributed by atoms with Gasteiger partial charge in [-0.05, 0) is 73.4 Å². The van der Waals surface area contributed by atoms with Crippen LogP contribution in [0.2, 0.25) is 0 Å². The van der Waals surface area contributed by atoms with E-state index >= 15 is 0 Å². The number of aryl methyl sites for hydroxylation is 1. The Balaban J connectivity index is 1.22. The van der Waals surface area contributed by atoms with Crippen molar-refractivity contribution in [3.05, 3.63) is 65.1 Å². The lowest BCUT2D eigenvalue weighted by atomic mass is 9.78. The molecule has 2 heterocycles. The molecule has 2 fully saturated rings. The highest BCUT2D eigenvalue weighted by molar-refractivity contribution is 5.79. The van der Waals surface area contributed by atoms with Crippen molar-refractivity contribution >= 4 is 16.8 Å². The van der Waals surface area contributed by atoms with Gasteiger partial charge in [0.05, 0.1) is 36.0 Å². The van der Waals surface area contributed by atoms with Gasteiger partial charge in [-0.15, -0.1) is 0 Å². The van der Waals surface area contributed by atoms with Crippen molar-refractivity contribution in [3.8, 4) is 6.07 Å². The SMILES string of the molecule is Cn1ncc2ccc(CC3CCC(C(=O)N4OCC[C@H]4c4cc(F)cc(C#N)c4)CC3)cc21. The van der Waals surface area contributed by atoms with Crippen LogP contribution in [0.5, 0.6) is 0 Å². The minimum absolute atomic E-state index is 0.0185. The molecule has 7 heteroatoms. The molecule has 33 heavy (non-hydrogen) atoms. The van der Waals surface area contributed by atoms with Crippen molar-refractivity contribution in [2.75, 3.05) is 6.61 Å². The lowest BCUT2D eigenvalue weighted by Crippen LogP contribution is -2.36. The molecule has 1 atom stereocenters. The zero-order chi connectivity index (χ0) is 22.9. The average molecular weight is 447 g/mol. The third-order valence-electron chi connectivity index (χ3n) is 7.09. The summed E-state index contributed by atoms with van der Waals surface area (Å²) in [4.78, 5) is 19.0. The number of nitriles is 1. The number of amides is 1. The Bertz CT molecular complexity index is 1220. The van der Waals surface area contributed by atoms with Crippen LogP contribution in [0.25, 0.3) is 10.9 Å². The number of carbonyl (C=O) groups is 1. The van der Waals surface area contributed by atoms with E-state index in [-0.39, 0.29) is 23.4 Å². The van der Waals surface area contributed by atoms with E-state index in [1.165, 1.54) is 22.8 Å². The number of carbonyl (C=O) groups excluding carboxylic acids is 1. The molecule has 6 nitrogen and oxygen atoms in total. The molecule has 0 spiro atoms. The Kier molecular flexibility index (Phi) is 5.86. The minimum Gasteiger partial charge on any atom is -0.272 e. The van der Waals surface area contributed by atoms with Crippen LogP contribution in [-0.4, -0.2) is 27.4 Å². The van der Waals surface area contributed by atoms with Crippen LogP contribution in [0, 0.1) is 29.0 Å². The fourth-order valence-electron chi connectivity index (χ4n) is 5.30. The molecule has 170 valence electrons. The molecule has 5 rings (SSSR count). The maximum absolute atomic E-state index is 14.0. The molecular formula is C26H27FN4O2. The number of fused-ring (bicyclic) bond motifs is 1. The van der Waals surface area contributed by atoms with Gasteiger partial charge in [-0.2, -0.15) is 10.4 Å². The summed E-state index contributed by atoms with van der Waals surface area (Å²) in [6.07, 6.45) is 7.15. The third kappa shape index (κ3) is 4.36. The van der Waals surface area contributed by atoms with Crippen molar-refractivity contribution in [2.45, 2.75) is 44.6 Å². The van der Waals surface area contributed by atoms with Gasteiger partial charge in [0.2, 0.25) is 5.91 Å². The summed E-state index contributed by atoms with van der Waals surface area (Å²) in [5.41, 5.74) is 3.33. The molecule has 1 aliphatic heterocycles. The number of hydroxylamine groups is 2. The maximum Gasteiger partial charge on any atom is 0.249 e. The second-order valence-corrected chi connectivity index (χ2v) is 9.27. The number of aromatic nitrogens is 2. The molecule has 0 unspecified atom stereocenters. The zero-order valence-corrected chi connectivity index (χ0v) is 18.7. The van der Waals surface area contributed by atoms with Crippen molar-refractivity contribution in [1.29, 1.82) is 5.26 Å². The molecule has 0 bridgehead atoms. The van der Waals surface area contributed by atoms with Crippen molar-refractivity contribution in [3.63, 3.8) is 0 Å². The lowest BCUT2D eigenvalue weighted by Gasteiger charge is -2.32. The van der Waals surface area contributed by atoms with Gasteiger partial charge in [-0.3, -0.25) is 14.3 Å². The highest BCUT2D eigenvalue weighted by atomic mass is 19.1. The molecule has 1 aromatic heterocycles. The highest BCUT2D eigenvalue weighted by Gasteiger charge is 2.37. The Hall–Kier alpha value is -3.24. The predicted molar refractivity (Wildman–Crippen MR) is 121 cm³/mol. The largest absolute Gasteiger partial charge is 0.272 e. The van der Waals surface area contributed by atoms with E-state index in [2.05, 4.69) is 23.3 Å².